The van der Waals surface area contributed by atoms with Gasteiger partial charge in [0.2, 0.25) is 5.91 Å². The third-order valence-electron chi connectivity index (χ3n) is 4.00. The summed E-state index contributed by atoms with van der Waals surface area (Å²) in [5.74, 6) is -0.249. The largest absolute Gasteiger partial charge is 0.375 e. The lowest BCUT2D eigenvalue weighted by Gasteiger charge is -2.28. The summed E-state index contributed by atoms with van der Waals surface area (Å²) in [4.78, 5) is 12.3. The van der Waals surface area contributed by atoms with Crippen LogP contribution in [-0.4, -0.2) is 32.1 Å². The van der Waals surface area contributed by atoms with E-state index in [4.69, 9.17) is 4.74 Å². The third kappa shape index (κ3) is 4.02. The Morgan fingerprint density at radius 3 is 2.67 bits per heavy atom. The van der Waals surface area contributed by atoms with E-state index in [1.54, 1.807) is 18.2 Å². The van der Waals surface area contributed by atoms with Gasteiger partial charge in [-0.1, -0.05) is 18.2 Å². The summed E-state index contributed by atoms with van der Waals surface area (Å²) in [6, 6.07) is 6.23. The fraction of sp³-hybridized carbons (Fsp3) is 0.562. The van der Waals surface area contributed by atoms with Crippen LogP contribution in [0.2, 0.25) is 0 Å². The van der Waals surface area contributed by atoms with Crippen LogP contribution in [0.15, 0.2) is 24.3 Å². The minimum Gasteiger partial charge on any atom is -0.375 e. The van der Waals surface area contributed by atoms with Crippen LogP contribution in [0.1, 0.15) is 31.4 Å². The highest BCUT2D eigenvalue weighted by Gasteiger charge is 2.27. The van der Waals surface area contributed by atoms with Gasteiger partial charge >= 0.3 is 0 Å². The first-order chi connectivity index (χ1) is 10.1. The quantitative estimate of drug-likeness (QED) is 0.873. The van der Waals surface area contributed by atoms with E-state index in [-0.39, 0.29) is 23.7 Å². The molecule has 0 spiro atoms. The van der Waals surface area contributed by atoms with Gasteiger partial charge in [-0.3, -0.25) is 4.79 Å². The number of hydrogen-bond donors (Lipinski definition) is 2. The lowest BCUT2D eigenvalue weighted by Crippen LogP contribution is -2.44. The first-order valence-corrected chi connectivity index (χ1v) is 7.41. The van der Waals surface area contributed by atoms with Crippen LogP contribution in [-0.2, 0) is 9.53 Å². The predicted molar refractivity (Wildman–Crippen MR) is 79.3 cm³/mol. The lowest BCUT2D eigenvalue weighted by molar-refractivity contribution is -0.127. The zero-order valence-corrected chi connectivity index (χ0v) is 12.6. The summed E-state index contributed by atoms with van der Waals surface area (Å²) in [5.41, 5.74) is 0.470. The maximum Gasteiger partial charge on any atom is 0.223 e. The summed E-state index contributed by atoms with van der Waals surface area (Å²) in [7, 11) is 1.53. The number of carbonyl (C=O) groups is 1. The number of benzene rings is 1. The fourth-order valence-corrected chi connectivity index (χ4v) is 2.81. The Bertz CT molecular complexity index is 475. The molecule has 0 bridgehead atoms. The van der Waals surface area contributed by atoms with Crippen molar-refractivity contribution >= 4 is 5.91 Å². The normalized spacial score (nSPS) is 19.0. The van der Waals surface area contributed by atoms with Crippen molar-refractivity contribution in [2.75, 3.05) is 20.2 Å². The van der Waals surface area contributed by atoms with Crippen molar-refractivity contribution in [3.05, 3.63) is 35.6 Å². The molecule has 1 aromatic carbocycles. The molecule has 1 heterocycles. The van der Waals surface area contributed by atoms with E-state index in [1.807, 2.05) is 6.92 Å². The molecule has 0 aromatic heterocycles. The lowest BCUT2D eigenvalue weighted by atomic mass is 9.96. The minimum absolute atomic E-state index is 0.0300. The zero-order chi connectivity index (χ0) is 15.2. The summed E-state index contributed by atoms with van der Waals surface area (Å²) in [6.45, 7) is 3.58. The Labute approximate surface area is 125 Å². The molecule has 1 aliphatic rings. The predicted octanol–water partition coefficient (Wildman–Crippen LogP) is 2.02. The van der Waals surface area contributed by atoms with E-state index in [2.05, 4.69) is 10.6 Å². The molecule has 1 amide bonds. The van der Waals surface area contributed by atoms with E-state index < -0.39 is 6.10 Å². The van der Waals surface area contributed by atoms with Crippen molar-refractivity contribution in [2.24, 2.45) is 5.92 Å². The molecule has 0 aliphatic carbocycles. The average Bonchev–Trinajstić information content (AvgIpc) is 2.50. The van der Waals surface area contributed by atoms with Gasteiger partial charge in [0.25, 0.3) is 0 Å². The Morgan fingerprint density at radius 2 is 2.05 bits per heavy atom. The van der Waals surface area contributed by atoms with Crippen molar-refractivity contribution in [3.63, 3.8) is 0 Å². The molecule has 1 fully saturated rings. The molecular formula is C16H23FN2O2. The van der Waals surface area contributed by atoms with Gasteiger partial charge in [0.15, 0.2) is 0 Å². The van der Waals surface area contributed by atoms with Gasteiger partial charge in [-0.2, -0.15) is 0 Å². The van der Waals surface area contributed by atoms with Crippen molar-refractivity contribution in [1.82, 2.24) is 10.6 Å². The molecule has 0 saturated carbocycles. The molecule has 4 nitrogen and oxygen atoms in total. The van der Waals surface area contributed by atoms with Crippen LogP contribution < -0.4 is 10.6 Å². The van der Waals surface area contributed by atoms with E-state index in [9.17, 15) is 9.18 Å². The van der Waals surface area contributed by atoms with Gasteiger partial charge < -0.3 is 15.4 Å². The number of nitrogens with one attached hydrogen (secondary N) is 2. The summed E-state index contributed by atoms with van der Waals surface area (Å²) in [6.07, 6.45) is 1.20. The Hall–Kier alpha value is -1.46. The smallest absolute Gasteiger partial charge is 0.223 e. The first-order valence-electron chi connectivity index (χ1n) is 7.41. The maximum atomic E-state index is 13.9. The molecule has 1 aliphatic heterocycles. The van der Waals surface area contributed by atoms with Crippen LogP contribution >= 0.6 is 0 Å². The SMILES string of the molecule is COC(c1ccccc1F)C(C)NC(=O)C1CCNCC1. The van der Waals surface area contributed by atoms with Crippen molar-refractivity contribution < 1.29 is 13.9 Å². The van der Waals surface area contributed by atoms with Crippen LogP contribution in [0.5, 0.6) is 0 Å². The second kappa shape index (κ2) is 7.52. The van der Waals surface area contributed by atoms with Gasteiger partial charge in [-0.25, -0.2) is 4.39 Å². The first kappa shape index (κ1) is 15.9. The summed E-state index contributed by atoms with van der Waals surface area (Å²) >= 11 is 0. The molecule has 1 aromatic rings. The van der Waals surface area contributed by atoms with Crippen molar-refractivity contribution in [2.45, 2.75) is 31.9 Å². The molecular weight excluding hydrogens is 271 g/mol. The molecule has 116 valence electrons. The molecule has 1 saturated heterocycles. The Balaban J connectivity index is 2.01. The number of methoxy groups -OCH3 is 1. The molecule has 21 heavy (non-hydrogen) atoms. The number of hydrogen-bond acceptors (Lipinski definition) is 3. The number of halogens is 1. The number of amides is 1. The standard InChI is InChI=1S/C16H23FN2O2/c1-11(19-16(20)12-7-9-18-10-8-12)15(21-2)13-5-3-4-6-14(13)17/h3-6,11-12,15,18H,7-10H2,1-2H3,(H,19,20). The molecule has 5 heteroatoms. The van der Waals surface area contributed by atoms with Crippen LogP contribution in [0.3, 0.4) is 0 Å². The summed E-state index contributed by atoms with van der Waals surface area (Å²) in [5, 5.41) is 6.20. The number of carbonyl (C=O) groups excluding carboxylic acids is 1. The van der Waals surface area contributed by atoms with Gasteiger partial charge in [-0.15, -0.1) is 0 Å². The fourth-order valence-electron chi connectivity index (χ4n) is 2.81. The molecule has 2 rings (SSSR count). The summed E-state index contributed by atoms with van der Waals surface area (Å²) < 4.78 is 19.3. The number of ether oxygens (including phenoxy) is 1. The monoisotopic (exact) mass is 294 g/mol. The molecule has 0 radical (unpaired) electrons. The van der Waals surface area contributed by atoms with Gasteiger partial charge in [-0.05, 0) is 38.9 Å². The average molecular weight is 294 g/mol. The molecule has 2 N–H and O–H groups in total. The van der Waals surface area contributed by atoms with Crippen LogP contribution in [0, 0.1) is 11.7 Å². The molecule has 2 atom stereocenters. The maximum absolute atomic E-state index is 13.9. The minimum atomic E-state index is -0.489. The highest BCUT2D eigenvalue weighted by molar-refractivity contribution is 5.79. The van der Waals surface area contributed by atoms with Crippen LogP contribution in [0.4, 0.5) is 4.39 Å². The van der Waals surface area contributed by atoms with E-state index in [0.29, 0.717) is 5.56 Å². The second-order valence-electron chi connectivity index (χ2n) is 5.50. The highest BCUT2D eigenvalue weighted by atomic mass is 19.1. The van der Waals surface area contributed by atoms with Gasteiger partial charge in [0, 0.05) is 18.6 Å². The van der Waals surface area contributed by atoms with Gasteiger partial charge in [0.05, 0.1) is 6.04 Å². The number of piperidine rings is 1. The van der Waals surface area contributed by atoms with E-state index in [0.717, 1.165) is 25.9 Å². The number of rotatable bonds is 5. The Morgan fingerprint density at radius 1 is 1.38 bits per heavy atom. The van der Waals surface area contributed by atoms with Gasteiger partial charge in [0.1, 0.15) is 11.9 Å². The van der Waals surface area contributed by atoms with Crippen LogP contribution in [0.25, 0.3) is 0 Å². The van der Waals surface area contributed by atoms with Crippen molar-refractivity contribution in [1.29, 1.82) is 0 Å². The Kier molecular flexibility index (Phi) is 5.70. The van der Waals surface area contributed by atoms with E-state index in [1.165, 1.54) is 13.2 Å². The molecule has 2 unspecified atom stereocenters. The third-order valence-corrected chi connectivity index (χ3v) is 4.00. The van der Waals surface area contributed by atoms with Crippen molar-refractivity contribution in [3.8, 4) is 0 Å². The second-order valence-corrected chi connectivity index (χ2v) is 5.50. The van der Waals surface area contributed by atoms with E-state index >= 15 is 0 Å². The highest BCUT2D eigenvalue weighted by Crippen LogP contribution is 2.24. The topological polar surface area (TPSA) is 50.4 Å². The zero-order valence-electron chi connectivity index (χ0n) is 12.6.